The first-order valence-corrected chi connectivity index (χ1v) is 9.94. The molecule has 4 aromatic rings. The van der Waals surface area contributed by atoms with Crippen LogP contribution in [0.25, 0.3) is 21.8 Å². The predicted molar refractivity (Wildman–Crippen MR) is 120 cm³/mol. The summed E-state index contributed by atoms with van der Waals surface area (Å²) in [5, 5.41) is 14.7. The van der Waals surface area contributed by atoms with Crippen LogP contribution in [0.15, 0.2) is 77.6 Å². The van der Waals surface area contributed by atoms with E-state index in [2.05, 4.69) is 10.3 Å². The van der Waals surface area contributed by atoms with Gasteiger partial charge in [0, 0.05) is 33.8 Å². The van der Waals surface area contributed by atoms with Crippen LogP contribution in [0.2, 0.25) is 0 Å². The minimum absolute atomic E-state index is 0.0578. The Morgan fingerprint density at radius 3 is 2.40 bits per heavy atom. The normalized spacial score (nSPS) is 12.8. The van der Waals surface area contributed by atoms with Gasteiger partial charge < -0.3 is 15.4 Å². The second-order valence-corrected chi connectivity index (χ2v) is 8.23. The number of fused-ring (bicyclic) bond motifs is 2. The Morgan fingerprint density at radius 2 is 1.63 bits per heavy atom. The van der Waals surface area contributed by atoms with Gasteiger partial charge in [-0.25, -0.2) is 0 Å². The maximum atomic E-state index is 12.9. The number of para-hydroxylation sites is 1. The molecule has 4 rings (SSSR count). The van der Waals surface area contributed by atoms with Gasteiger partial charge in [0.05, 0.1) is 11.6 Å². The number of hydrogen-bond acceptors (Lipinski definition) is 3. The first-order valence-electron chi connectivity index (χ1n) is 9.94. The molecule has 152 valence electrons. The standard InChI is InChI=1S/C25H24N2O3/c1-25(2,15-22(28)16-8-4-3-5-9-16)27-24(30)17-12-13-19-21(14-17)26-20-11-7-6-10-18(20)23(19)29/h3-14,22,28H,15H2,1-2H3,(H,26,29)(H,27,30). The van der Waals surface area contributed by atoms with Crippen LogP contribution in [0.3, 0.4) is 0 Å². The molecule has 0 aliphatic carbocycles. The van der Waals surface area contributed by atoms with E-state index >= 15 is 0 Å². The minimum atomic E-state index is -0.680. The van der Waals surface area contributed by atoms with Crippen LogP contribution in [-0.4, -0.2) is 21.5 Å². The molecule has 3 N–H and O–H groups in total. The highest BCUT2D eigenvalue weighted by atomic mass is 16.3. The Balaban J connectivity index is 1.58. The van der Waals surface area contributed by atoms with Crippen molar-refractivity contribution in [2.24, 2.45) is 0 Å². The van der Waals surface area contributed by atoms with E-state index < -0.39 is 11.6 Å². The number of aliphatic hydroxyl groups is 1. The van der Waals surface area contributed by atoms with E-state index in [4.69, 9.17) is 0 Å². The van der Waals surface area contributed by atoms with Crippen molar-refractivity contribution in [2.75, 3.05) is 0 Å². The molecule has 5 heteroatoms. The first kappa shape index (κ1) is 19.9. The Morgan fingerprint density at radius 1 is 0.967 bits per heavy atom. The molecule has 3 aromatic carbocycles. The summed E-state index contributed by atoms with van der Waals surface area (Å²) in [6.07, 6.45) is -0.307. The second-order valence-electron chi connectivity index (χ2n) is 8.23. The molecule has 0 saturated carbocycles. The Labute approximate surface area is 174 Å². The highest BCUT2D eigenvalue weighted by molar-refractivity contribution is 6.00. The highest BCUT2D eigenvalue weighted by Gasteiger charge is 2.25. The largest absolute Gasteiger partial charge is 0.388 e. The summed E-state index contributed by atoms with van der Waals surface area (Å²) < 4.78 is 0. The lowest BCUT2D eigenvalue weighted by Gasteiger charge is -2.29. The van der Waals surface area contributed by atoms with Gasteiger partial charge in [-0.2, -0.15) is 0 Å². The molecule has 0 radical (unpaired) electrons. The van der Waals surface area contributed by atoms with Crippen molar-refractivity contribution in [3.05, 3.63) is 94.1 Å². The molecule has 1 atom stereocenters. The number of carbonyl (C=O) groups is 1. The average Bonchev–Trinajstić information content (AvgIpc) is 2.73. The molecule has 0 bridgehead atoms. The monoisotopic (exact) mass is 400 g/mol. The van der Waals surface area contributed by atoms with E-state index in [1.165, 1.54) is 0 Å². The summed E-state index contributed by atoms with van der Waals surface area (Å²) in [5.74, 6) is -0.254. The summed E-state index contributed by atoms with van der Waals surface area (Å²) in [7, 11) is 0. The van der Waals surface area contributed by atoms with Crippen LogP contribution in [0.4, 0.5) is 0 Å². The third kappa shape index (κ3) is 3.98. The first-order chi connectivity index (χ1) is 14.3. The Hall–Kier alpha value is -3.44. The Bertz CT molecular complexity index is 1280. The van der Waals surface area contributed by atoms with E-state index in [1.54, 1.807) is 24.3 Å². The lowest BCUT2D eigenvalue weighted by atomic mass is 9.92. The maximum Gasteiger partial charge on any atom is 0.251 e. The number of aromatic amines is 1. The fourth-order valence-corrected chi connectivity index (χ4v) is 3.77. The number of aromatic nitrogens is 1. The third-order valence-electron chi connectivity index (χ3n) is 5.31. The molecule has 0 saturated heterocycles. The maximum absolute atomic E-state index is 12.9. The van der Waals surface area contributed by atoms with Crippen molar-refractivity contribution in [1.29, 1.82) is 0 Å². The van der Waals surface area contributed by atoms with Crippen molar-refractivity contribution in [2.45, 2.75) is 31.9 Å². The number of amides is 1. The van der Waals surface area contributed by atoms with E-state index in [0.717, 1.165) is 11.1 Å². The smallest absolute Gasteiger partial charge is 0.251 e. The molecule has 1 aromatic heterocycles. The molecular weight excluding hydrogens is 376 g/mol. The number of hydrogen-bond donors (Lipinski definition) is 3. The molecule has 0 fully saturated rings. The molecule has 1 heterocycles. The predicted octanol–water partition coefficient (Wildman–Crippen LogP) is 4.31. The van der Waals surface area contributed by atoms with Crippen LogP contribution < -0.4 is 10.7 Å². The number of carbonyl (C=O) groups excluding carboxylic acids is 1. The number of pyridine rings is 1. The summed E-state index contributed by atoms with van der Waals surface area (Å²) >= 11 is 0. The van der Waals surface area contributed by atoms with Crippen molar-refractivity contribution in [1.82, 2.24) is 10.3 Å². The number of rotatable bonds is 5. The fourth-order valence-electron chi connectivity index (χ4n) is 3.77. The van der Waals surface area contributed by atoms with Gasteiger partial charge in [-0.1, -0.05) is 42.5 Å². The quantitative estimate of drug-likeness (QED) is 0.437. The number of nitrogens with one attached hydrogen (secondary N) is 2. The van der Waals surface area contributed by atoms with Crippen LogP contribution in [0.5, 0.6) is 0 Å². The lowest BCUT2D eigenvalue weighted by Crippen LogP contribution is -2.44. The molecule has 1 unspecified atom stereocenters. The van der Waals surface area contributed by atoms with Crippen molar-refractivity contribution in [3.8, 4) is 0 Å². The van der Waals surface area contributed by atoms with Crippen LogP contribution in [0, 0.1) is 0 Å². The van der Waals surface area contributed by atoms with Crippen LogP contribution in [0.1, 0.15) is 42.3 Å². The van der Waals surface area contributed by atoms with E-state index in [0.29, 0.717) is 28.3 Å². The minimum Gasteiger partial charge on any atom is -0.388 e. The van der Waals surface area contributed by atoms with Gasteiger partial charge in [-0.15, -0.1) is 0 Å². The van der Waals surface area contributed by atoms with E-state index in [1.807, 2.05) is 62.4 Å². The molecule has 0 spiro atoms. The molecule has 5 nitrogen and oxygen atoms in total. The van der Waals surface area contributed by atoms with E-state index in [-0.39, 0.29) is 11.3 Å². The summed E-state index contributed by atoms with van der Waals surface area (Å²) in [5.41, 5.74) is 1.94. The van der Waals surface area contributed by atoms with Gasteiger partial charge in [0.15, 0.2) is 5.43 Å². The van der Waals surface area contributed by atoms with Gasteiger partial charge in [0.25, 0.3) is 5.91 Å². The van der Waals surface area contributed by atoms with Gasteiger partial charge in [0.2, 0.25) is 0 Å². The molecule has 0 aliphatic rings. The molecule has 30 heavy (non-hydrogen) atoms. The third-order valence-corrected chi connectivity index (χ3v) is 5.31. The number of H-pyrrole nitrogens is 1. The number of aliphatic hydroxyl groups excluding tert-OH is 1. The van der Waals surface area contributed by atoms with Crippen LogP contribution in [-0.2, 0) is 0 Å². The molecular formula is C25H24N2O3. The zero-order valence-electron chi connectivity index (χ0n) is 17.0. The average molecular weight is 400 g/mol. The van der Waals surface area contributed by atoms with Crippen molar-refractivity contribution in [3.63, 3.8) is 0 Å². The topological polar surface area (TPSA) is 82.2 Å². The summed E-state index contributed by atoms with van der Waals surface area (Å²) in [6, 6.07) is 21.8. The fraction of sp³-hybridized carbons (Fsp3) is 0.200. The van der Waals surface area contributed by atoms with Crippen molar-refractivity contribution < 1.29 is 9.90 Å². The number of benzene rings is 3. The van der Waals surface area contributed by atoms with Crippen LogP contribution >= 0.6 is 0 Å². The van der Waals surface area contributed by atoms with Gasteiger partial charge in [0.1, 0.15) is 0 Å². The zero-order chi connectivity index (χ0) is 21.3. The summed E-state index contributed by atoms with van der Waals surface area (Å²) in [4.78, 5) is 28.8. The van der Waals surface area contributed by atoms with Gasteiger partial charge in [-0.05, 0) is 49.7 Å². The van der Waals surface area contributed by atoms with Gasteiger partial charge >= 0.3 is 0 Å². The SMILES string of the molecule is CC(C)(CC(O)c1ccccc1)NC(=O)c1ccc2c(=O)c3ccccc3[nH]c2c1. The summed E-state index contributed by atoms with van der Waals surface area (Å²) in [6.45, 7) is 3.76. The lowest BCUT2D eigenvalue weighted by molar-refractivity contribution is 0.0853. The van der Waals surface area contributed by atoms with Gasteiger partial charge in [-0.3, -0.25) is 9.59 Å². The van der Waals surface area contributed by atoms with Crippen molar-refractivity contribution >= 4 is 27.7 Å². The second kappa shape index (κ2) is 7.76. The molecule has 0 aliphatic heterocycles. The zero-order valence-corrected chi connectivity index (χ0v) is 17.0. The highest BCUT2D eigenvalue weighted by Crippen LogP contribution is 2.24. The van der Waals surface area contributed by atoms with E-state index in [9.17, 15) is 14.7 Å². The molecule has 1 amide bonds. The Kier molecular flexibility index (Phi) is 5.14.